The molecule has 0 aliphatic rings. The van der Waals surface area contributed by atoms with Gasteiger partial charge in [-0.15, -0.1) is 0 Å². The van der Waals surface area contributed by atoms with Crippen molar-refractivity contribution in [3.8, 4) is 0 Å². The summed E-state index contributed by atoms with van der Waals surface area (Å²) in [5, 5.41) is 0. The Hall–Kier alpha value is -1.26. The molecule has 0 heterocycles. The lowest BCUT2D eigenvalue weighted by atomic mass is 10.5. The van der Waals surface area contributed by atoms with E-state index >= 15 is 0 Å². The Balaban J connectivity index is 3.38. The summed E-state index contributed by atoms with van der Waals surface area (Å²) in [6.07, 6.45) is -0.853. The maximum absolute atomic E-state index is 10.4. The van der Waals surface area contributed by atoms with Gasteiger partial charge in [0.05, 0.1) is 6.61 Å². The SMILES string of the molecule is CCOC(=O)OOC(=O)CC. The smallest absolute Gasteiger partial charge is 0.432 e. The van der Waals surface area contributed by atoms with E-state index in [1.54, 1.807) is 13.8 Å². The summed E-state index contributed by atoms with van der Waals surface area (Å²) in [7, 11) is 0. The van der Waals surface area contributed by atoms with Crippen LogP contribution in [0.3, 0.4) is 0 Å². The average Bonchev–Trinajstić information content (AvgIpc) is 2.01. The fraction of sp³-hybridized carbons (Fsp3) is 0.667. The van der Waals surface area contributed by atoms with Crippen LogP contribution in [0.2, 0.25) is 0 Å². The molecule has 0 aliphatic heterocycles. The van der Waals surface area contributed by atoms with Gasteiger partial charge in [-0.3, -0.25) is 0 Å². The van der Waals surface area contributed by atoms with Gasteiger partial charge in [0.1, 0.15) is 0 Å². The van der Waals surface area contributed by atoms with Crippen LogP contribution in [0.25, 0.3) is 0 Å². The highest BCUT2D eigenvalue weighted by atomic mass is 17.2. The average molecular weight is 162 g/mol. The van der Waals surface area contributed by atoms with Crippen molar-refractivity contribution in [2.75, 3.05) is 6.61 Å². The molecule has 0 bridgehead atoms. The molecule has 5 heteroatoms. The largest absolute Gasteiger partial charge is 0.549 e. The van der Waals surface area contributed by atoms with Crippen molar-refractivity contribution in [2.24, 2.45) is 0 Å². The second-order valence-electron chi connectivity index (χ2n) is 1.58. The predicted octanol–water partition coefficient (Wildman–Crippen LogP) is 1.03. The summed E-state index contributed by atoms with van der Waals surface area (Å²) in [4.78, 5) is 28.6. The molecule has 11 heavy (non-hydrogen) atoms. The number of ether oxygens (including phenoxy) is 1. The Labute approximate surface area is 64.2 Å². The van der Waals surface area contributed by atoms with Crippen LogP contribution >= 0.6 is 0 Å². The van der Waals surface area contributed by atoms with Gasteiger partial charge in [0.2, 0.25) is 0 Å². The van der Waals surface area contributed by atoms with Crippen LogP contribution in [-0.4, -0.2) is 18.7 Å². The van der Waals surface area contributed by atoms with Crippen LogP contribution in [0.5, 0.6) is 0 Å². The topological polar surface area (TPSA) is 61.8 Å². The van der Waals surface area contributed by atoms with Gasteiger partial charge in [-0.2, -0.15) is 4.79 Å². The third kappa shape index (κ3) is 5.20. The minimum Gasteiger partial charge on any atom is -0.432 e. The number of hydrogen-bond acceptors (Lipinski definition) is 5. The van der Waals surface area contributed by atoms with E-state index in [9.17, 15) is 9.59 Å². The minimum atomic E-state index is -1.01. The van der Waals surface area contributed by atoms with Crippen LogP contribution in [-0.2, 0) is 19.3 Å². The molecule has 0 amide bonds. The van der Waals surface area contributed by atoms with Crippen molar-refractivity contribution < 1.29 is 24.1 Å². The van der Waals surface area contributed by atoms with Gasteiger partial charge < -0.3 is 4.74 Å². The van der Waals surface area contributed by atoms with Crippen molar-refractivity contribution >= 4 is 12.1 Å². The Bertz CT molecular complexity index is 142. The van der Waals surface area contributed by atoms with E-state index in [2.05, 4.69) is 14.5 Å². The molecular weight excluding hydrogens is 152 g/mol. The molecule has 0 aliphatic carbocycles. The van der Waals surface area contributed by atoms with Gasteiger partial charge in [-0.1, -0.05) is 6.92 Å². The zero-order chi connectivity index (χ0) is 8.69. The lowest BCUT2D eigenvalue weighted by Gasteiger charge is -2.00. The first-order valence-corrected chi connectivity index (χ1v) is 3.24. The Morgan fingerprint density at radius 2 is 1.82 bits per heavy atom. The van der Waals surface area contributed by atoms with Gasteiger partial charge in [0.15, 0.2) is 0 Å². The summed E-state index contributed by atoms with van der Waals surface area (Å²) >= 11 is 0. The molecule has 0 spiro atoms. The van der Waals surface area contributed by atoms with Crippen LogP contribution in [0.4, 0.5) is 4.79 Å². The highest BCUT2D eigenvalue weighted by molar-refractivity contribution is 5.69. The number of carbonyl (C=O) groups is 2. The molecule has 0 aromatic rings. The molecule has 5 nitrogen and oxygen atoms in total. The van der Waals surface area contributed by atoms with Gasteiger partial charge >= 0.3 is 12.1 Å². The Morgan fingerprint density at radius 3 is 2.27 bits per heavy atom. The predicted molar refractivity (Wildman–Crippen MR) is 34.5 cm³/mol. The molecule has 0 atom stereocenters. The maximum Gasteiger partial charge on any atom is 0.549 e. The third-order valence-electron chi connectivity index (χ3n) is 0.754. The Morgan fingerprint density at radius 1 is 1.18 bits per heavy atom. The highest BCUT2D eigenvalue weighted by Crippen LogP contribution is 1.89. The third-order valence-corrected chi connectivity index (χ3v) is 0.754. The number of rotatable bonds is 2. The van der Waals surface area contributed by atoms with Gasteiger partial charge in [-0.05, 0) is 6.92 Å². The summed E-state index contributed by atoms with van der Waals surface area (Å²) in [5.74, 6) is -0.613. The number of carbonyl (C=O) groups excluding carboxylic acids is 2. The van der Waals surface area contributed by atoms with E-state index in [4.69, 9.17) is 0 Å². The van der Waals surface area contributed by atoms with E-state index in [1.807, 2.05) is 0 Å². The van der Waals surface area contributed by atoms with Crippen LogP contribution in [0.1, 0.15) is 20.3 Å². The fourth-order valence-corrected chi connectivity index (χ4v) is 0.281. The van der Waals surface area contributed by atoms with Crippen LogP contribution < -0.4 is 0 Å². The molecule has 0 aromatic carbocycles. The van der Waals surface area contributed by atoms with Crippen molar-refractivity contribution in [3.05, 3.63) is 0 Å². The molecule has 64 valence electrons. The zero-order valence-corrected chi connectivity index (χ0v) is 6.46. The minimum absolute atomic E-state index is 0.152. The molecule has 0 radical (unpaired) electrons. The van der Waals surface area contributed by atoms with Crippen molar-refractivity contribution in [3.63, 3.8) is 0 Å². The van der Waals surface area contributed by atoms with Crippen molar-refractivity contribution in [2.45, 2.75) is 20.3 Å². The molecule has 0 saturated heterocycles. The van der Waals surface area contributed by atoms with E-state index in [0.717, 1.165) is 0 Å². The quantitative estimate of drug-likeness (QED) is 0.344. The van der Waals surface area contributed by atoms with Gasteiger partial charge in [0, 0.05) is 6.42 Å². The second-order valence-corrected chi connectivity index (χ2v) is 1.58. The fourth-order valence-electron chi connectivity index (χ4n) is 0.281. The summed E-state index contributed by atoms with van der Waals surface area (Å²) in [6.45, 7) is 3.38. The summed E-state index contributed by atoms with van der Waals surface area (Å²) in [5.41, 5.74) is 0. The monoisotopic (exact) mass is 162 g/mol. The first kappa shape index (κ1) is 9.74. The van der Waals surface area contributed by atoms with Crippen LogP contribution in [0, 0.1) is 0 Å². The van der Waals surface area contributed by atoms with Crippen molar-refractivity contribution in [1.29, 1.82) is 0 Å². The standard InChI is InChI=1S/C6H10O5/c1-3-5(7)10-11-6(8)9-4-2/h3-4H2,1-2H3. The summed E-state index contributed by atoms with van der Waals surface area (Å²) < 4.78 is 4.30. The second kappa shape index (κ2) is 5.52. The molecule has 0 rings (SSSR count). The Kier molecular flexibility index (Phi) is 4.89. The van der Waals surface area contributed by atoms with Crippen LogP contribution in [0.15, 0.2) is 0 Å². The van der Waals surface area contributed by atoms with E-state index < -0.39 is 12.1 Å². The molecular formula is C6H10O5. The zero-order valence-electron chi connectivity index (χ0n) is 6.46. The normalized spacial score (nSPS) is 8.55. The van der Waals surface area contributed by atoms with Gasteiger partial charge in [-0.25, -0.2) is 14.6 Å². The lowest BCUT2D eigenvalue weighted by molar-refractivity contribution is -0.242. The first-order chi connectivity index (χ1) is 5.20. The first-order valence-electron chi connectivity index (χ1n) is 3.24. The maximum atomic E-state index is 10.4. The lowest BCUT2D eigenvalue weighted by Crippen LogP contribution is -2.11. The molecule has 0 N–H and O–H groups in total. The van der Waals surface area contributed by atoms with Crippen molar-refractivity contribution in [1.82, 2.24) is 0 Å². The molecule has 0 aromatic heterocycles. The molecule has 0 unspecified atom stereocenters. The molecule has 0 fully saturated rings. The number of hydrogen-bond donors (Lipinski definition) is 0. The molecule has 0 saturated carbocycles. The van der Waals surface area contributed by atoms with E-state index in [-0.39, 0.29) is 13.0 Å². The van der Waals surface area contributed by atoms with E-state index in [0.29, 0.717) is 0 Å². The summed E-state index contributed by atoms with van der Waals surface area (Å²) in [6, 6.07) is 0. The van der Waals surface area contributed by atoms with Gasteiger partial charge in [0.25, 0.3) is 0 Å². The van der Waals surface area contributed by atoms with E-state index in [1.165, 1.54) is 0 Å². The highest BCUT2D eigenvalue weighted by Gasteiger charge is 2.06.